The molecular weight excluding hydrogens is 381 g/mol. The molecule has 144 valence electrons. The number of hydrogen-bond acceptors (Lipinski definition) is 2. The molecule has 1 heterocycles. The highest BCUT2D eigenvalue weighted by molar-refractivity contribution is 6.42. The highest BCUT2D eigenvalue weighted by Gasteiger charge is 2.30. The van der Waals surface area contributed by atoms with E-state index in [4.69, 9.17) is 23.2 Å². The van der Waals surface area contributed by atoms with Gasteiger partial charge in [-0.25, -0.2) is 0 Å². The van der Waals surface area contributed by atoms with Crippen molar-refractivity contribution in [2.75, 3.05) is 13.1 Å². The fraction of sp³-hybridized carbons (Fsp3) is 0.409. The molecule has 0 aromatic heterocycles. The lowest BCUT2D eigenvalue weighted by Crippen LogP contribution is -2.39. The standard InChI is InChI=1S/C22H25Cl2NO2/c1-14(2)15-3-5-16(6-4-15)21(18-7-8-19(23)20(24)13-18)25-11-9-17(10-12-25)22(26)27/h3-8,13-14,17,21H,9-12H2,1-2H3,(H,26,27). The van der Waals surface area contributed by atoms with Gasteiger partial charge in [-0.15, -0.1) is 0 Å². The maximum atomic E-state index is 11.3. The van der Waals surface area contributed by atoms with E-state index in [1.165, 1.54) is 11.1 Å². The highest BCUT2D eigenvalue weighted by atomic mass is 35.5. The molecule has 0 spiro atoms. The minimum Gasteiger partial charge on any atom is -0.481 e. The van der Waals surface area contributed by atoms with E-state index in [2.05, 4.69) is 43.0 Å². The lowest BCUT2D eigenvalue weighted by Gasteiger charge is -2.37. The third-order valence-corrected chi connectivity index (χ3v) is 6.16. The van der Waals surface area contributed by atoms with Gasteiger partial charge in [0.2, 0.25) is 0 Å². The number of nitrogens with zero attached hydrogens (tertiary/aromatic N) is 1. The first-order valence-corrected chi connectivity index (χ1v) is 10.1. The summed E-state index contributed by atoms with van der Waals surface area (Å²) in [5.41, 5.74) is 3.57. The zero-order valence-corrected chi connectivity index (χ0v) is 17.2. The van der Waals surface area contributed by atoms with Crippen molar-refractivity contribution in [1.82, 2.24) is 4.90 Å². The average molecular weight is 406 g/mol. The molecule has 2 aromatic carbocycles. The average Bonchev–Trinajstić information content (AvgIpc) is 2.65. The number of benzene rings is 2. The zero-order chi connectivity index (χ0) is 19.6. The van der Waals surface area contributed by atoms with Crippen molar-refractivity contribution in [3.63, 3.8) is 0 Å². The fourth-order valence-corrected chi connectivity index (χ4v) is 4.07. The van der Waals surface area contributed by atoms with Crippen molar-refractivity contribution in [2.45, 2.75) is 38.6 Å². The number of piperidine rings is 1. The predicted molar refractivity (Wildman–Crippen MR) is 111 cm³/mol. The number of carboxylic acid groups (broad SMARTS) is 1. The third kappa shape index (κ3) is 4.66. The SMILES string of the molecule is CC(C)c1ccc(C(c2ccc(Cl)c(Cl)c2)N2CCC(C(=O)O)CC2)cc1. The van der Waals surface area contributed by atoms with E-state index in [1.807, 2.05) is 18.2 Å². The molecule has 3 rings (SSSR count). The van der Waals surface area contributed by atoms with Gasteiger partial charge in [-0.05, 0) is 60.7 Å². The van der Waals surface area contributed by atoms with E-state index in [1.54, 1.807) is 0 Å². The molecule has 3 nitrogen and oxygen atoms in total. The Morgan fingerprint density at radius 1 is 0.963 bits per heavy atom. The first kappa shape index (κ1) is 20.2. The van der Waals surface area contributed by atoms with Crippen molar-refractivity contribution in [2.24, 2.45) is 5.92 Å². The van der Waals surface area contributed by atoms with Crippen LogP contribution in [0.4, 0.5) is 0 Å². The van der Waals surface area contributed by atoms with Crippen LogP contribution in [0.1, 0.15) is 55.3 Å². The summed E-state index contributed by atoms with van der Waals surface area (Å²) >= 11 is 12.4. The van der Waals surface area contributed by atoms with Crippen LogP contribution < -0.4 is 0 Å². The van der Waals surface area contributed by atoms with E-state index < -0.39 is 5.97 Å². The number of rotatable bonds is 5. The molecule has 0 radical (unpaired) electrons. The maximum Gasteiger partial charge on any atom is 0.306 e. The number of likely N-dealkylation sites (tertiary alicyclic amines) is 1. The molecule has 0 saturated carbocycles. The number of hydrogen-bond donors (Lipinski definition) is 1. The second-order valence-electron chi connectivity index (χ2n) is 7.55. The van der Waals surface area contributed by atoms with Gasteiger partial charge in [0, 0.05) is 0 Å². The molecule has 27 heavy (non-hydrogen) atoms. The fourth-order valence-electron chi connectivity index (χ4n) is 3.76. The summed E-state index contributed by atoms with van der Waals surface area (Å²) in [4.78, 5) is 13.7. The Hall–Kier alpha value is -1.55. The summed E-state index contributed by atoms with van der Waals surface area (Å²) in [6, 6.07) is 14.5. The van der Waals surface area contributed by atoms with Crippen molar-refractivity contribution in [1.29, 1.82) is 0 Å². The van der Waals surface area contributed by atoms with Gasteiger partial charge in [0.05, 0.1) is 22.0 Å². The second kappa shape index (κ2) is 8.64. The van der Waals surface area contributed by atoms with Crippen LogP contribution in [0.2, 0.25) is 10.0 Å². The second-order valence-corrected chi connectivity index (χ2v) is 8.36. The monoisotopic (exact) mass is 405 g/mol. The van der Waals surface area contributed by atoms with Crippen molar-refractivity contribution in [3.05, 3.63) is 69.2 Å². The summed E-state index contributed by atoms with van der Waals surface area (Å²) in [6.45, 7) is 5.85. The summed E-state index contributed by atoms with van der Waals surface area (Å²) in [7, 11) is 0. The van der Waals surface area contributed by atoms with Crippen LogP contribution >= 0.6 is 23.2 Å². The van der Waals surface area contributed by atoms with Gasteiger partial charge < -0.3 is 5.11 Å². The van der Waals surface area contributed by atoms with E-state index in [0.29, 0.717) is 28.8 Å². The third-order valence-electron chi connectivity index (χ3n) is 5.42. The quantitative estimate of drug-likeness (QED) is 0.662. The van der Waals surface area contributed by atoms with Crippen molar-refractivity contribution < 1.29 is 9.90 Å². The van der Waals surface area contributed by atoms with Gasteiger partial charge in [-0.3, -0.25) is 9.69 Å². The van der Waals surface area contributed by atoms with E-state index >= 15 is 0 Å². The zero-order valence-electron chi connectivity index (χ0n) is 15.7. The first-order chi connectivity index (χ1) is 12.9. The molecule has 1 saturated heterocycles. The Labute approximate surface area is 170 Å². The van der Waals surface area contributed by atoms with Gasteiger partial charge in [-0.2, -0.15) is 0 Å². The molecule has 5 heteroatoms. The van der Waals surface area contributed by atoms with Crippen LogP contribution in [-0.2, 0) is 4.79 Å². The summed E-state index contributed by atoms with van der Waals surface area (Å²) < 4.78 is 0. The van der Waals surface area contributed by atoms with Crippen LogP contribution in [0.25, 0.3) is 0 Å². The predicted octanol–water partition coefficient (Wildman–Crippen LogP) is 6.00. The number of aliphatic carboxylic acids is 1. The number of carboxylic acids is 1. The van der Waals surface area contributed by atoms with Crippen LogP contribution in [0.5, 0.6) is 0 Å². The van der Waals surface area contributed by atoms with E-state index in [-0.39, 0.29) is 12.0 Å². The molecule has 1 unspecified atom stereocenters. The van der Waals surface area contributed by atoms with Crippen molar-refractivity contribution in [3.8, 4) is 0 Å². The molecule has 1 aliphatic rings. The lowest BCUT2D eigenvalue weighted by atomic mass is 9.90. The van der Waals surface area contributed by atoms with Gasteiger partial charge >= 0.3 is 5.97 Å². The molecule has 1 aliphatic heterocycles. The van der Waals surface area contributed by atoms with E-state index in [9.17, 15) is 9.90 Å². The Balaban J connectivity index is 1.94. The Bertz CT molecular complexity index is 796. The molecule has 0 bridgehead atoms. The molecule has 1 N–H and O–H groups in total. The van der Waals surface area contributed by atoms with Gasteiger partial charge in [-0.1, -0.05) is 67.4 Å². The normalized spacial score (nSPS) is 17.2. The Morgan fingerprint density at radius 2 is 1.52 bits per heavy atom. The molecule has 1 atom stereocenters. The van der Waals surface area contributed by atoms with Gasteiger partial charge in [0.1, 0.15) is 0 Å². The minimum atomic E-state index is -0.693. The summed E-state index contributed by atoms with van der Waals surface area (Å²) in [5, 5.41) is 10.4. The molecule has 1 fully saturated rings. The summed E-state index contributed by atoms with van der Waals surface area (Å²) in [5.74, 6) is -0.463. The van der Waals surface area contributed by atoms with Crippen LogP contribution in [0.15, 0.2) is 42.5 Å². The largest absolute Gasteiger partial charge is 0.481 e. The molecule has 2 aromatic rings. The first-order valence-electron chi connectivity index (χ1n) is 9.38. The molecular formula is C22H25Cl2NO2. The smallest absolute Gasteiger partial charge is 0.306 e. The molecule has 0 aliphatic carbocycles. The van der Waals surface area contributed by atoms with Gasteiger partial charge in [0.25, 0.3) is 0 Å². The Kier molecular flexibility index (Phi) is 6.46. The van der Waals surface area contributed by atoms with E-state index in [0.717, 1.165) is 18.7 Å². The highest BCUT2D eigenvalue weighted by Crippen LogP contribution is 2.35. The Morgan fingerprint density at radius 3 is 2.04 bits per heavy atom. The van der Waals surface area contributed by atoms with Crippen LogP contribution in [0, 0.1) is 5.92 Å². The lowest BCUT2D eigenvalue weighted by molar-refractivity contribution is -0.143. The van der Waals surface area contributed by atoms with Crippen LogP contribution in [0.3, 0.4) is 0 Å². The number of halogens is 2. The molecule has 0 amide bonds. The van der Waals surface area contributed by atoms with Crippen LogP contribution in [-0.4, -0.2) is 29.1 Å². The summed E-state index contributed by atoms with van der Waals surface area (Å²) in [6.07, 6.45) is 1.33. The topological polar surface area (TPSA) is 40.5 Å². The number of carbonyl (C=O) groups is 1. The van der Waals surface area contributed by atoms with Gasteiger partial charge in [0.15, 0.2) is 0 Å². The van der Waals surface area contributed by atoms with Crippen molar-refractivity contribution >= 4 is 29.2 Å². The minimum absolute atomic E-state index is 0.0377. The maximum absolute atomic E-state index is 11.3.